The molecule has 4 rings (SSSR count). The summed E-state index contributed by atoms with van der Waals surface area (Å²) in [6.07, 6.45) is 4.57. The Hall–Kier alpha value is -2.95. The molecule has 0 atom stereocenters. The zero-order valence-corrected chi connectivity index (χ0v) is 16.6. The Morgan fingerprint density at radius 3 is 2.44 bits per heavy atom. The van der Waals surface area contributed by atoms with Gasteiger partial charge in [0.25, 0.3) is 0 Å². The van der Waals surface area contributed by atoms with Crippen molar-refractivity contribution in [3.63, 3.8) is 0 Å². The lowest BCUT2D eigenvalue weighted by Crippen LogP contribution is -2.41. The third-order valence-electron chi connectivity index (χ3n) is 4.45. The molecule has 0 spiro atoms. The summed E-state index contributed by atoms with van der Waals surface area (Å²) in [7, 11) is 2.08. The zero-order chi connectivity index (χ0) is 19.2. The van der Waals surface area contributed by atoms with Crippen LogP contribution >= 0.6 is 0 Å². The first-order valence-corrected chi connectivity index (χ1v) is 9.46. The van der Waals surface area contributed by atoms with Crippen molar-refractivity contribution in [1.82, 2.24) is 15.0 Å². The van der Waals surface area contributed by atoms with Gasteiger partial charge < -0.3 is 9.80 Å². The van der Waals surface area contributed by atoms with Crippen LogP contribution in [0.5, 0.6) is 0 Å². The first kappa shape index (κ1) is 18.8. The topological polar surface area (TPSA) is 45.2 Å². The second kappa shape index (κ2) is 8.62. The van der Waals surface area contributed by atoms with Gasteiger partial charge in [-0.25, -0.2) is 9.97 Å². The summed E-state index contributed by atoms with van der Waals surface area (Å²) in [5, 5.41) is 0. The summed E-state index contributed by atoms with van der Waals surface area (Å²) < 4.78 is 0. The van der Waals surface area contributed by atoms with Gasteiger partial charge in [-0.15, -0.1) is 0 Å². The maximum Gasteiger partial charge on any atom is 0.138 e. The number of benzene rings is 1. The molecule has 0 bridgehead atoms. The van der Waals surface area contributed by atoms with Gasteiger partial charge >= 0.3 is 0 Å². The lowest BCUT2D eigenvalue weighted by molar-refractivity contribution is 0.707. The molecular formula is C22H27N5. The van der Waals surface area contributed by atoms with Gasteiger partial charge in [-0.1, -0.05) is 38.1 Å². The van der Waals surface area contributed by atoms with E-state index in [1.165, 1.54) is 5.69 Å². The van der Waals surface area contributed by atoms with Crippen LogP contribution in [-0.2, 0) is 13.0 Å². The van der Waals surface area contributed by atoms with Crippen molar-refractivity contribution >= 4 is 11.5 Å². The second-order valence-corrected chi connectivity index (χ2v) is 6.49. The summed E-state index contributed by atoms with van der Waals surface area (Å²) in [5.41, 5.74) is 4.53. The normalized spacial score (nSPS) is 12.9. The highest BCUT2D eigenvalue weighted by atomic mass is 15.3. The Morgan fingerprint density at radius 2 is 1.74 bits per heavy atom. The van der Waals surface area contributed by atoms with E-state index in [2.05, 4.69) is 57.1 Å². The zero-order valence-electron chi connectivity index (χ0n) is 16.6. The highest BCUT2D eigenvalue weighted by Crippen LogP contribution is 2.27. The molecule has 0 saturated heterocycles. The van der Waals surface area contributed by atoms with Gasteiger partial charge in [-0.3, -0.25) is 4.98 Å². The minimum absolute atomic E-state index is 0.705. The Balaban J connectivity index is 0.00000102. The summed E-state index contributed by atoms with van der Waals surface area (Å²) in [4.78, 5) is 18.2. The standard InChI is InChI=1S/C20H21N5.C2H6/c1-15-8-9-16(11-21-15)10-19-22-12-17-13-25(14-24(2)20(17)23-19)18-6-4-3-5-7-18;1-2/h3-9,11-12H,10,13-14H2,1-2H3;1-2H3. The highest BCUT2D eigenvalue weighted by molar-refractivity contribution is 5.56. The number of anilines is 2. The molecule has 1 aromatic carbocycles. The van der Waals surface area contributed by atoms with Crippen LogP contribution in [0, 0.1) is 6.92 Å². The maximum atomic E-state index is 4.80. The summed E-state index contributed by atoms with van der Waals surface area (Å²) in [5.74, 6) is 1.86. The Kier molecular flexibility index (Phi) is 6.01. The van der Waals surface area contributed by atoms with Crippen molar-refractivity contribution in [3.8, 4) is 0 Å². The first-order valence-electron chi connectivity index (χ1n) is 9.46. The van der Waals surface area contributed by atoms with E-state index in [9.17, 15) is 0 Å². The second-order valence-electron chi connectivity index (χ2n) is 6.49. The van der Waals surface area contributed by atoms with E-state index in [1.54, 1.807) is 0 Å². The molecule has 5 heteroatoms. The Morgan fingerprint density at radius 1 is 0.963 bits per heavy atom. The number of para-hydroxylation sites is 1. The molecule has 0 aliphatic carbocycles. The van der Waals surface area contributed by atoms with Crippen LogP contribution in [0.2, 0.25) is 0 Å². The predicted molar refractivity (Wildman–Crippen MR) is 111 cm³/mol. The quantitative estimate of drug-likeness (QED) is 0.699. The molecule has 27 heavy (non-hydrogen) atoms. The average Bonchev–Trinajstić information content (AvgIpc) is 2.72. The summed E-state index contributed by atoms with van der Waals surface area (Å²) in [6.45, 7) is 7.64. The summed E-state index contributed by atoms with van der Waals surface area (Å²) in [6, 6.07) is 14.6. The molecule has 0 fully saturated rings. The minimum atomic E-state index is 0.705. The average molecular weight is 361 g/mol. The largest absolute Gasteiger partial charge is 0.349 e. The van der Waals surface area contributed by atoms with E-state index in [0.717, 1.165) is 41.7 Å². The van der Waals surface area contributed by atoms with Gasteiger partial charge in [-0.05, 0) is 30.7 Å². The van der Waals surface area contributed by atoms with Crippen molar-refractivity contribution in [2.24, 2.45) is 0 Å². The van der Waals surface area contributed by atoms with E-state index < -0.39 is 0 Å². The smallest absolute Gasteiger partial charge is 0.138 e. The van der Waals surface area contributed by atoms with Crippen molar-refractivity contribution in [1.29, 1.82) is 0 Å². The van der Waals surface area contributed by atoms with Crippen LogP contribution in [0.15, 0.2) is 54.9 Å². The molecule has 2 aromatic heterocycles. The van der Waals surface area contributed by atoms with E-state index in [4.69, 9.17) is 4.98 Å². The molecule has 0 unspecified atom stereocenters. The van der Waals surface area contributed by atoms with Crippen molar-refractivity contribution < 1.29 is 0 Å². The van der Waals surface area contributed by atoms with Crippen molar-refractivity contribution in [2.75, 3.05) is 23.5 Å². The maximum absolute atomic E-state index is 4.80. The molecule has 3 aromatic rings. The number of aryl methyl sites for hydroxylation is 1. The van der Waals surface area contributed by atoms with E-state index in [0.29, 0.717) is 6.42 Å². The molecule has 0 N–H and O–H groups in total. The van der Waals surface area contributed by atoms with Gasteiger partial charge in [0.1, 0.15) is 11.6 Å². The fourth-order valence-electron chi connectivity index (χ4n) is 3.14. The molecule has 1 aliphatic rings. The van der Waals surface area contributed by atoms with Gasteiger partial charge in [0.05, 0.1) is 6.67 Å². The van der Waals surface area contributed by atoms with Crippen LogP contribution in [0.4, 0.5) is 11.5 Å². The van der Waals surface area contributed by atoms with Gasteiger partial charge in [0.2, 0.25) is 0 Å². The van der Waals surface area contributed by atoms with Crippen LogP contribution < -0.4 is 9.80 Å². The van der Waals surface area contributed by atoms with Crippen LogP contribution in [0.3, 0.4) is 0 Å². The number of rotatable bonds is 3. The number of nitrogens with zero attached hydrogens (tertiary/aromatic N) is 5. The first-order chi connectivity index (χ1) is 13.2. The molecule has 140 valence electrons. The fraction of sp³-hybridized carbons (Fsp3) is 0.318. The summed E-state index contributed by atoms with van der Waals surface area (Å²) >= 11 is 0. The molecule has 3 heterocycles. The van der Waals surface area contributed by atoms with E-state index in [1.807, 2.05) is 45.3 Å². The van der Waals surface area contributed by atoms with E-state index in [-0.39, 0.29) is 0 Å². The number of aromatic nitrogens is 3. The van der Waals surface area contributed by atoms with Crippen LogP contribution in [0.25, 0.3) is 0 Å². The molecule has 0 radical (unpaired) electrons. The molecule has 0 amide bonds. The fourth-order valence-corrected chi connectivity index (χ4v) is 3.14. The monoisotopic (exact) mass is 361 g/mol. The number of fused-ring (bicyclic) bond motifs is 1. The van der Waals surface area contributed by atoms with Crippen molar-refractivity contribution in [3.05, 3.63) is 77.5 Å². The lowest BCUT2D eigenvalue weighted by Gasteiger charge is -2.36. The Labute approximate surface area is 161 Å². The molecule has 5 nitrogen and oxygen atoms in total. The number of pyridine rings is 1. The third-order valence-corrected chi connectivity index (χ3v) is 4.45. The van der Waals surface area contributed by atoms with Gasteiger partial charge in [-0.2, -0.15) is 0 Å². The minimum Gasteiger partial charge on any atom is -0.349 e. The van der Waals surface area contributed by atoms with Gasteiger partial charge in [0, 0.05) is 49.4 Å². The Bertz CT molecular complexity index is 862. The number of hydrogen-bond acceptors (Lipinski definition) is 5. The SMILES string of the molecule is CC.Cc1ccc(Cc2ncc3c(n2)N(C)CN(c2ccccc2)C3)cn1. The van der Waals surface area contributed by atoms with E-state index >= 15 is 0 Å². The molecule has 0 saturated carbocycles. The third kappa shape index (κ3) is 4.42. The highest BCUT2D eigenvalue weighted by Gasteiger charge is 2.22. The lowest BCUT2D eigenvalue weighted by atomic mass is 10.1. The van der Waals surface area contributed by atoms with Gasteiger partial charge in [0.15, 0.2) is 0 Å². The molecule has 1 aliphatic heterocycles. The van der Waals surface area contributed by atoms with Crippen LogP contribution in [0.1, 0.15) is 36.5 Å². The van der Waals surface area contributed by atoms with Crippen molar-refractivity contribution in [2.45, 2.75) is 33.7 Å². The number of hydrogen-bond donors (Lipinski definition) is 0. The molecular weight excluding hydrogens is 334 g/mol. The predicted octanol–water partition coefficient (Wildman–Crippen LogP) is 4.21. The van der Waals surface area contributed by atoms with Crippen LogP contribution in [-0.4, -0.2) is 28.7 Å².